The van der Waals surface area contributed by atoms with Gasteiger partial charge in [-0.25, -0.2) is 4.98 Å². The average molecular weight is 382 g/mol. The smallest absolute Gasteiger partial charge is 0.422 e. The van der Waals surface area contributed by atoms with Crippen LogP contribution in [0.15, 0.2) is 47.6 Å². The fourth-order valence-electron chi connectivity index (χ4n) is 2.21. The second-order valence-electron chi connectivity index (χ2n) is 5.50. The summed E-state index contributed by atoms with van der Waals surface area (Å²) in [6.07, 6.45) is -3.04. The van der Waals surface area contributed by atoms with Crippen molar-refractivity contribution in [3.05, 3.63) is 53.7 Å². The number of hydrogen-bond acceptors (Lipinski definition) is 4. The Morgan fingerprint density at radius 1 is 1.15 bits per heavy atom. The number of guanidine groups is 1. The number of aliphatic imine (C=N–C) groups is 1. The Labute approximate surface area is 155 Å². The molecule has 1 aromatic carbocycles. The van der Waals surface area contributed by atoms with Crippen LogP contribution in [0.2, 0.25) is 0 Å². The summed E-state index contributed by atoms with van der Waals surface area (Å²) in [6.45, 7) is -0.681. The van der Waals surface area contributed by atoms with Gasteiger partial charge in [0.25, 0.3) is 0 Å². The van der Waals surface area contributed by atoms with Gasteiger partial charge < -0.3 is 20.1 Å². The lowest BCUT2D eigenvalue weighted by atomic mass is 10.2. The summed E-state index contributed by atoms with van der Waals surface area (Å²) >= 11 is 0. The van der Waals surface area contributed by atoms with E-state index < -0.39 is 12.8 Å². The van der Waals surface area contributed by atoms with Crippen LogP contribution in [0.1, 0.15) is 11.1 Å². The van der Waals surface area contributed by atoms with E-state index in [4.69, 9.17) is 9.47 Å². The zero-order chi connectivity index (χ0) is 19.7. The van der Waals surface area contributed by atoms with Gasteiger partial charge >= 0.3 is 6.18 Å². The predicted octanol–water partition coefficient (Wildman–Crippen LogP) is 2.90. The molecule has 0 spiro atoms. The monoisotopic (exact) mass is 382 g/mol. The first-order chi connectivity index (χ1) is 12.9. The molecule has 0 aliphatic rings. The van der Waals surface area contributed by atoms with E-state index in [1.54, 1.807) is 26.3 Å². The third-order valence-corrected chi connectivity index (χ3v) is 3.49. The van der Waals surface area contributed by atoms with Gasteiger partial charge in [-0.05, 0) is 23.8 Å². The van der Waals surface area contributed by atoms with Crippen LogP contribution in [0.5, 0.6) is 11.6 Å². The first-order valence-electron chi connectivity index (χ1n) is 8.12. The van der Waals surface area contributed by atoms with E-state index in [0.29, 0.717) is 18.1 Å². The highest BCUT2D eigenvalue weighted by Crippen LogP contribution is 2.19. The minimum Gasteiger partial charge on any atom is -0.497 e. The molecule has 6 nitrogen and oxygen atoms in total. The van der Waals surface area contributed by atoms with E-state index in [-0.39, 0.29) is 12.4 Å². The van der Waals surface area contributed by atoms with E-state index in [0.717, 1.165) is 11.3 Å². The van der Waals surface area contributed by atoms with Gasteiger partial charge in [0.1, 0.15) is 5.75 Å². The number of rotatable bonds is 7. The second-order valence-corrected chi connectivity index (χ2v) is 5.50. The van der Waals surface area contributed by atoms with Gasteiger partial charge in [0.05, 0.1) is 7.11 Å². The van der Waals surface area contributed by atoms with E-state index in [1.807, 2.05) is 24.3 Å². The minimum absolute atomic E-state index is 0.0643. The maximum absolute atomic E-state index is 12.4. The molecule has 0 amide bonds. The van der Waals surface area contributed by atoms with Crippen molar-refractivity contribution in [1.29, 1.82) is 0 Å². The number of hydrogen-bond donors (Lipinski definition) is 2. The molecule has 0 saturated carbocycles. The number of aromatic nitrogens is 1. The quantitative estimate of drug-likeness (QED) is 0.569. The molecule has 2 N–H and O–H groups in total. The molecule has 0 saturated heterocycles. The molecular weight excluding hydrogens is 361 g/mol. The number of pyridine rings is 1. The molecule has 27 heavy (non-hydrogen) atoms. The minimum atomic E-state index is -4.42. The number of nitrogens with one attached hydrogen (secondary N) is 2. The first-order valence-corrected chi connectivity index (χ1v) is 8.12. The Kier molecular flexibility index (Phi) is 7.27. The van der Waals surface area contributed by atoms with Crippen molar-refractivity contribution in [1.82, 2.24) is 15.6 Å². The molecule has 0 unspecified atom stereocenters. The maximum Gasteiger partial charge on any atom is 0.422 e. The third-order valence-electron chi connectivity index (χ3n) is 3.49. The molecular formula is C18H21F3N4O2. The summed E-state index contributed by atoms with van der Waals surface area (Å²) in [6, 6.07) is 10.8. The molecule has 0 fully saturated rings. The molecule has 0 atom stereocenters. The van der Waals surface area contributed by atoms with Crippen LogP contribution in [-0.2, 0) is 13.1 Å². The lowest BCUT2D eigenvalue weighted by Gasteiger charge is -2.15. The molecule has 0 bridgehead atoms. The van der Waals surface area contributed by atoms with Crippen LogP contribution in [-0.4, -0.2) is 37.9 Å². The van der Waals surface area contributed by atoms with Crippen LogP contribution in [0.25, 0.3) is 0 Å². The fourth-order valence-corrected chi connectivity index (χ4v) is 2.21. The Bertz CT molecular complexity index is 766. The summed E-state index contributed by atoms with van der Waals surface area (Å²) in [7, 11) is 3.20. The van der Waals surface area contributed by atoms with Crippen molar-refractivity contribution in [2.75, 3.05) is 20.8 Å². The van der Waals surface area contributed by atoms with Gasteiger partial charge in [-0.1, -0.05) is 18.2 Å². The SMILES string of the molecule is CN=C(NCc1cccc(OC)c1)NCc1cccnc1OCC(F)(F)F. The number of alkyl halides is 3. The first kappa shape index (κ1) is 20.3. The molecule has 2 aromatic rings. The summed E-state index contributed by atoms with van der Waals surface area (Å²) in [5.41, 5.74) is 1.49. The van der Waals surface area contributed by atoms with Gasteiger partial charge in [-0.15, -0.1) is 0 Å². The van der Waals surface area contributed by atoms with Crippen molar-refractivity contribution in [3.8, 4) is 11.6 Å². The largest absolute Gasteiger partial charge is 0.497 e. The van der Waals surface area contributed by atoms with Gasteiger partial charge in [0, 0.05) is 31.9 Å². The van der Waals surface area contributed by atoms with Crippen molar-refractivity contribution < 1.29 is 22.6 Å². The molecule has 0 radical (unpaired) electrons. The highest BCUT2D eigenvalue weighted by atomic mass is 19.4. The van der Waals surface area contributed by atoms with Gasteiger partial charge in [0.2, 0.25) is 5.88 Å². The zero-order valence-electron chi connectivity index (χ0n) is 15.0. The Balaban J connectivity index is 1.92. The van der Waals surface area contributed by atoms with Crippen LogP contribution >= 0.6 is 0 Å². The standard InChI is InChI=1S/C18H21F3N4O2/c1-22-17(24-10-13-5-3-7-15(9-13)26-2)25-11-14-6-4-8-23-16(14)27-12-18(19,20)21/h3-9H,10-12H2,1-2H3,(H2,22,24,25). The van der Waals surface area contributed by atoms with Gasteiger partial charge in [0.15, 0.2) is 12.6 Å². The molecule has 1 heterocycles. The number of benzene rings is 1. The molecule has 0 aliphatic carbocycles. The Morgan fingerprint density at radius 3 is 2.63 bits per heavy atom. The van der Waals surface area contributed by atoms with Crippen LogP contribution in [0, 0.1) is 0 Å². The summed E-state index contributed by atoms with van der Waals surface area (Å²) in [5, 5.41) is 6.15. The third kappa shape index (κ3) is 7.04. The summed E-state index contributed by atoms with van der Waals surface area (Å²) < 4.78 is 47.0. The molecule has 2 rings (SSSR count). The number of nitrogens with zero attached hydrogens (tertiary/aromatic N) is 2. The number of methoxy groups -OCH3 is 1. The average Bonchev–Trinajstić information content (AvgIpc) is 2.66. The van der Waals surface area contributed by atoms with E-state index in [1.165, 1.54) is 6.20 Å². The number of halogens is 3. The fraction of sp³-hybridized carbons (Fsp3) is 0.333. The Hall–Kier alpha value is -2.97. The van der Waals surface area contributed by atoms with E-state index in [2.05, 4.69) is 20.6 Å². The molecule has 146 valence electrons. The molecule has 9 heteroatoms. The topological polar surface area (TPSA) is 67.8 Å². The number of ether oxygens (including phenoxy) is 2. The zero-order valence-corrected chi connectivity index (χ0v) is 15.0. The van der Waals surface area contributed by atoms with Gasteiger partial charge in [-0.2, -0.15) is 13.2 Å². The highest BCUT2D eigenvalue weighted by molar-refractivity contribution is 5.79. The lowest BCUT2D eigenvalue weighted by Crippen LogP contribution is -2.36. The summed E-state index contributed by atoms with van der Waals surface area (Å²) in [4.78, 5) is 7.96. The van der Waals surface area contributed by atoms with Crippen molar-refractivity contribution in [2.45, 2.75) is 19.3 Å². The molecule has 1 aromatic heterocycles. The summed E-state index contributed by atoms with van der Waals surface area (Å²) in [5.74, 6) is 1.17. The van der Waals surface area contributed by atoms with Crippen molar-refractivity contribution in [2.24, 2.45) is 4.99 Å². The van der Waals surface area contributed by atoms with Crippen LogP contribution < -0.4 is 20.1 Å². The predicted molar refractivity (Wildman–Crippen MR) is 95.8 cm³/mol. The second kappa shape index (κ2) is 9.65. The van der Waals surface area contributed by atoms with Crippen LogP contribution in [0.4, 0.5) is 13.2 Å². The van der Waals surface area contributed by atoms with Crippen LogP contribution in [0.3, 0.4) is 0 Å². The van der Waals surface area contributed by atoms with Crippen molar-refractivity contribution in [3.63, 3.8) is 0 Å². The molecule has 0 aliphatic heterocycles. The lowest BCUT2D eigenvalue weighted by molar-refractivity contribution is -0.154. The maximum atomic E-state index is 12.4. The Morgan fingerprint density at radius 2 is 1.93 bits per heavy atom. The van der Waals surface area contributed by atoms with E-state index >= 15 is 0 Å². The van der Waals surface area contributed by atoms with Crippen molar-refractivity contribution >= 4 is 5.96 Å². The van der Waals surface area contributed by atoms with Gasteiger partial charge in [-0.3, -0.25) is 4.99 Å². The highest BCUT2D eigenvalue weighted by Gasteiger charge is 2.29. The van der Waals surface area contributed by atoms with E-state index in [9.17, 15) is 13.2 Å². The normalized spacial score (nSPS) is 11.8.